The van der Waals surface area contributed by atoms with Crippen LogP contribution in [0.15, 0.2) is 43.0 Å². The van der Waals surface area contributed by atoms with Crippen molar-refractivity contribution in [1.29, 1.82) is 0 Å². The normalized spacial score (nSPS) is 11.4. The molecule has 0 fully saturated rings. The summed E-state index contributed by atoms with van der Waals surface area (Å²) in [5, 5.41) is 2.43. The first-order valence-electron chi connectivity index (χ1n) is 6.64. The number of hydrogen-bond acceptors (Lipinski definition) is 2. The molecule has 2 N–H and O–H groups in total. The van der Waals surface area contributed by atoms with Crippen LogP contribution in [0.5, 0.6) is 0 Å². The Bertz CT molecular complexity index is 868. The van der Waals surface area contributed by atoms with Gasteiger partial charge in [0.05, 0.1) is 23.4 Å². The van der Waals surface area contributed by atoms with Crippen LogP contribution in [0, 0.1) is 6.92 Å². The molecule has 0 atom stereocenters. The maximum Gasteiger partial charge on any atom is 0.0643 e. The number of aromatic amines is 2. The zero-order chi connectivity index (χ0) is 13.5. The quantitative estimate of drug-likeness (QED) is 0.582. The second kappa shape index (κ2) is 4.20. The smallest absolute Gasteiger partial charge is 0.0643 e. The van der Waals surface area contributed by atoms with E-state index < -0.39 is 0 Å². The van der Waals surface area contributed by atoms with Gasteiger partial charge in [-0.2, -0.15) is 0 Å². The van der Waals surface area contributed by atoms with E-state index in [-0.39, 0.29) is 0 Å². The molecule has 4 aromatic rings. The molecular weight excluding hydrogens is 248 g/mol. The molecule has 4 nitrogen and oxygen atoms in total. The fourth-order valence-electron chi connectivity index (χ4n) is 2.62. The van der Waals surface area contributed by atoms with Crippen molar-refractivity contribution in [1.82, 2.24) is 19.9 Å². The van der Waals surface area contributed by atoms with Crippen molar-refractivity contribution in [2.75, 3.05) is 0 Å². The summed E-state index contributed by atoms with van der Waals surface area (Å²) >= 11 is 0. The first kappa shape index (κ1) is 11.2. The summed E-state index contributed by atoms with van der Waals surface area (Å²) in [4.78, 5) is 15.3. The SMILES string of the molecule is Cc1c[nH]c2cnc(Cc3cc4ccncc4[nH]3)cc12. The molecule has 0 aliphatic heterocycles. The zero-order valence-electron chi connectivity index (χ0n) is 11.1. The molecule has 0 bridgehead atoms. The maximum atomic E-state index is 4.52. The number of aryl methyl sites for hydroxylation is 1. The summed E-state index contributed by atoms with van der Waals surface area (Å²) < 4.78 is 0. The van der Waals surface area contributed by atoms with Crippen molar-refractivity contribution in [3.8, 4) is 0 Å². The van der Waals surface area contributed by atoms with E-state index >= 15 is 0 Å². The van der Waals surface area contributed by atoms with Crippen LogP contribution in [0.1, 0.15) is 17.0 Å². The maximum absolute atomic E-state index is 4.52. The van der Waals surface area contributed by atoms with Crippen LogP contribution < -0.4 is 0 Å². The summed E-state index contributed by atoms with van der Waals surface area (Å²) in [6.07, 6.45) is 8.39. The minimum atomic E-state index is 0.801. The molecule has 0 aromatic carbocycles. The first-order valence-corrected chi connectivity index (χ1v) is 6.64. The van der Waals surface area contributed by atoms with Crippen molar-refractivity contribution in [3.63, 3.8) is 0 Å². The Balaban J connectivity index is 1.74. The van der Waals surface area contributed by atoms with Gasteiger partial charge in [0.25, 0.3) is 0 Å². The van der Waals surface area contributed by atoms with E-state index in [4.69, 9.17) is 0 Å². The molecule has 0 radical (unpaired) electrons. The van der Waals surface area contributed by atoms with Crippen LogP contribution in [-0.4, -0.2) is 19.9 Å². The van der Waals surface area contributed by atoms with Gasteiger partial charge in [-0.15, -0.1) is 0 Å². The molecule has 98 valence electrons. The third kappa shape index (κ3) is 1.77. The van der Waals surface area contributed by atoms with E-state index in [1.807, 2.05) is 30.9 Å². The fourth-order valence-corrected chi connectivity index (χ4v) is 2.62. The van der Waals surface area contributed by atoms with Crippen molar-refractivity contribution in [2.45, 2.75) is 13.3 Å². The number of pyridine rings is 2. The average Bonchev–Trinajstić information content (AvgIpc) is 3.02. The van der Waals surface area contributed by atoms with Crippen LogP contribution in [-0.2, 0) is 6.42 Å². The minimum absolute atomic E-state index is 0.801. The highest BCUT2D eigenvalue weighted by molar-refractivity contribution is 5.82. The third-order valence-electron chi connectivity index (χ3n) is 3.68. The lowest BCUT2D eigenvalue weighted by Crippen LogP contribution is -1.92. The molecule has 0 unspecified atom stereocenters. The Morgan fingerprint density at radius 3 is 3.00 bits per heavy atom. The zero-order valence-corrected chi connectivity index (χ0v) is 11.1. The molecule has 4 aromatic heterocycles. The standard InChI is InChI=1S/C16H14N4/c1-10-7-19-16-9-18-12(6-14(10)16)5-13-4-11-2-3-17-8-15(11)20-13/h2-4,6-9,19-20H,5H2,1H3. The lowest BCUT2D eigenvalue weighted by molar-refractivity contribution is 1.04. The number of H-pyrrole nitrogens is 2. The molecule has 0 aliphatic carbocycles. The van der Waals surface area contributed by atoms with Gasteiger partial charge in [-0.25, -0.2) is 0 Å². The molecule has 0 saturated heterocycles. The second-order valence-electron chi connectivity index (χ2n) is 5.13. The predicted molar refractivity (Wildman–Crippen MR) is 79.7 cm³/mol. The van der Waals surface area contributed by atoms with Gasteiger partial charge < -0.3 is 9.97 Å². The molecule has 0 aliphatic rings. The van der Waals surface area contributed by atoms with Crippen LogP contribution in [0.25, 0.3) is 21.8 Å². The summed E-state index contributed by atoms with van der Waals surface area (Å²) in [5.74, 6) is 0. The topological polar surface area (TPSA) is 57.4 Å². The summed E-state index contributed by atoms with van der Waals surface area (Å²) in [6.45, 7) is 2.11. The Morgan fingerprint density at radius 1 is 1.15 bits per heavy atom. The van der Waals surface area contributed by atoms with Crippen molar-refractivity contribution < 1.29 is 0 Å². The van der Waals surface area contributed by atoms with Gasteiger partial charge in [-0.05, 0) is 30.7 Å². The van der Waals surface area contributed by atoms with Gasteiger partial charge in [0.15, 0.2) is 0 Å². The first-order chi connectivity index (χ1) is 9.79. The fraction of sp³-hybridized carbons (Fsp3) is 0.125. The van der Waals surface area contributed by atoms with E-state index in [9.17, 15) is 0 Å². The number of nitrogens with one attached hydrogen (secondary N) is 2. The number of fused-ring (bicyclic) bond motifs is 2. The summed E-state index contributed by atoms with van der Waals surface area (Å²) in [6, 6.07) is 6.33. The molecule has 20 heavy (non-hydrogen) atoms. The Hall–Kier alpha value is -2.62. The second-order valence-corrected chi connectivity index (χ2v) is 5.13. The van der Waals surface area contributed by atoms with Crippen molar-refractivity contribution in [2.24, 2.45) is 0 Å². The molecular formula is C16H14N4. The lowest BCUT2D eigenvalue weighted by Gasteiger charge is -1.99. The minimum Gasteiger partial charge on any atom is -0.360 e. The highest BCUT2D eigenvalue weighted by Crippen LogP contribution is 2.20. The van der Waals surface area contributed by atoms with Gasteiger partial charge >= 0.3 is 0 Å². The van der Waals surface area contributed by atoms with Crippen LogP contribution >= 0.6 is 0 Å². The highest BCUT2D eigenvalue weighted by Gasteiger charge is 2.05. The Morgan fingerprint density at radius 2 is 2.10 bits per heavy atom. The Labute approximate surface area is 115 Å². The molecule has 0 amide bonds. The summed E-state index contributed by atoms with van der Waals surface area (Å²) in [7, 11) is 0. The van der Waals surface area contributed by atoms with Gasteiger partial charge in [0.2, 0.25) is 0 Å². The summed E-state index contributed by atoms with van der Waals surface area (Å²) in [5.41, 5.74) is 5.64. The van der Waals surface area contributed by atoms with E-state index in [1.54, 1.807) is 0 Å². The molecule has 4 heteroatoms. The van der Waals surface area contributed by atoms with E-state index in [0.717, 1.165) is 28.8 Å². The molecule has 4 heterocycles. The monoisotopic (exact) mass is 262 g/mol. The third-order valence-corrected chi connectivity index (χ3v) is 3.68. The van der Waals surface area contributed by atoms with E-state index in [2.05, 4.69) is 39.0 Å². The van der Waals surface area contributed by atoms with Crippen LogP contribution in [0.2, 0.25) is 0 Å². The molecule has 0 saturated carbocycles. The number of nitrogens with zero attached hydrogens (tertiary/aromatic N) is 2. The largest absolute Gasteiger partial charge is 0.360 e. The number of hydrogen-bond donors (Lipinski definition) is 2. The highest BCUT2D eigenvalue weighted by atomic mass is 14.8. The van der Waals surface area contributed by atoms with E-state index in [0.29, 0.717) is 0 Å². The van der Waals surface area contributed by atoms with Crippen molar-refractivity contribution in [3.05, 3.63) is 59.9 Å². The van der Waals surface area contributed by atoms with Gasteiger partial charge in [-0.3, -0.25) is 9.97 Å². The molecule has 4 rings (SSSR count). The van der Waals surface area contributed by atoms with Crippen LogP contribution in [0.3, 0.4) is 0 Å². The number of rotatable bonds is 2. The number of aromatic nitrogens is 4. The average molecular weight is 262 g/mol. The van der Waals surface area contributed by atoms with E-state index in [1.165, 1.54) is 16.3 Å². The van der Waals surface area contributed by atoms with Crippen molar-refractivity contribution >= 4 is 21.8 Å². The lowest BCUT2D eigenvalue weighted by atomic mass is 10.1. The molecule has 0 spiro atoms. The predicted octanol–water partition coefficient (Wildman–Crippen LogP) is 3.34. The van der Waals surface area contributed by atoms with Gasteiger partial charge in [0.1, 0.15) is 0 Å². The van der Waals surface area contributed by atoms with Gasteiger partial charge in [0, 0.05) is 41.0 Å². The van der Waals surface area contributed by atoms with Crippen LogP contribution in [0.4, 0.5) is 0 Å². The van der Waals surface area contributed by atoms with Gasteiger partial charge in [-0.1, -0.05) is 0 Å². The Kier molecular flexibility index (Phi) is 2.36.